The number of fused-ring (bicyclic) bond motifs is 1. The van der Waals surface area contributed by atoms with Crippen molar-refractivity contribution < 1.29 is 9.53 Å². The van der Waals surface area contributed by atoms with Crippen LogP contribution in [0.15, 0.2) is 36.7 Å². The van der Waals surface area contributed by atoms with E-state index in [0.717, 1.165) is 42.8 Å². The van der Waals surface area contributed by atoms with Crippen LogP contribution in [0.4, 0.5) is 0 Å². The van der Waals surface area contributed by atoms with E-state index in [4.69, 9.17) is 4.74 Å². The Morgan fingerprint density at radius 1 is 1.41 bits per heavy atom. The molecule has 1 atom stereocenters. The molecule has 0 saturated carbocycles. The molecule has 5 nitrogen and oxygen atoms in total. The summed E-state index contributed by atoms with van der Waals surface area (Å²) in [5, 5.41) is 3.04. The number of nitrogens with one attached hydrogen (secondary N) is 2. The van der Waals surface area contributed by atoms with Crippen LogP contribution in [0.25, 0.3) is 0 Å². The standard InChI is InChI=1S/C17H21N3O2/c21-17(20-8-3-6-16-18-9-10-19-16)14-7-11-22-15-5-2-1-4-13(15)12-14/h1-2,4-5,9-10,14H,3,6-8,11-12H2,(H,18,19)(H,20,21)/t14-/m0/s1. The maximum absolute atomic E-state index is 12.3. The zero-order valence-electron chi connectivity index (χ0n) is 12.5. The number of carbonyl (C=O) groups excluding carboxylic acids is 1. The molecule has 22 heavy (non-hydrogen) atoms. The Kier molecular flexibility index (Phi) is 4.73. The van der Waals surface area contributed by atoms with Crippen LogP contribution in [0.5, 0.6) is 5.75 Å². The van der Waals surface area contributed by atoms with E-state index in [1.54, 1.807) is 6.20 Å². The molecule has 1 aromatic carbocycles. The van der Waals surface area contributed by atoms with Gasteiger partial charge >= 0.3 is 0 Å². The van der Waals surface area contributed by atoms with E-state index in [0.29, 0.717) is 13.2 Å². The summed E-state index contributed by atoms with van der Waals surface area (Å²) in [7, 11) is 0. The van der Waals surface area contributed by atoms with Gasteiger partial charge in [0.2, 0.25) is 5.91 Å². The van der Waals surface area contributed by atoms with Crippen molar-refractivity contribution in [3.63, 3.8) is 0 Å². The molecular formula is C17H21N3O2. The van der Waals surface area contributed by atoms with Crippen molar-refractivity contribution in [3.05, 3.63) is 48.0 Å². The van der Waals surface area contributed by atoms with Gasteiger partial charge in [0, 0.05) is 31.3 Å². The zero-order valence-corrected chi connectivity index (χ0v) is 12.5. The number of aryl methyl sites for hydroxylation is 1. The summed E-state index contributed by atoms with van der Waals surface area (Å²) in [6.45, 7) is 1.28. The Hall–Kier alpha value is -2.30. The number of aromatic amines is 1. The van der Waals surface area contributed by atoms with E-state index >= 15 is 0 Å². The minimum absolute atomic E-state index is 0.00716. The van der Waals surface area contributed by atoms with Gasteiger partial charge in [-0.05, 0) is 30.9 Å². The van der Waals surface area contributed by atoms with E-state index in [1.807, 2.05) is 30.5 Å². The summed E-state index contributed by atoms with van der Waals surface area (Å²) in [6, 6.07) is 7.97. The van der Waals surface area contributed by atoms with Crippen molar-refractivity contribution in [3.8, 4) is 5.75 Å². The van der Waals surface area contributed by atoms with Gasteiger partial charge < -0.3 is 15.0 Å². The van der Waals surface area contributed by atoms with E-state index in [-0.39, 0.29) is 11.8 Å². The van der Waals surface area contributed by atoms with Crippen LogP contribution in [0, 0.1) is 5.92 Å². The molecule has 3 rings (SSSR count). The topological polar surface area (TPSA) is 67.0 Å². The Morgan fingerprint density at radius 2 is 2.32 bits per heavy atom. The smallest absolute Gasteiger partial charge is 0.223 e. The number of aromatic nitrogens is 2. The van der Waals surface area contributed by atoms with Crippen molar-refractivity contribution in [1.82, 2.24) is 15.3 Å². The highest BCUT2D eigenvalue weighted by atomic mass is 16.5. The summed E-state index contributed by atoms with van der Waals surface area (Å²) >= 11 is 0. The van der Waals surface area contributed by atoms with Crippen LogP contribution in [0.3, 0.4) is 0 Å². The van der Waals surface area contributed by atoms with Crippen LogP contribution in [-0.2, 0) is 17.6 Å². The Bertz CT molecular complexity index is 610. The SMILES string of the molecule is O=C(NCCCc1ncc[nH]1)[C@H]1CCOc2ccccc2C1. The molecule has 1 aromatic heterocycles. The van der Waals surface area contributed by atoms with Gasteiger partial charge in [-0.15, -0.1) is 0 Å². The number of amides is 1. The van der Waals surface area contributed by atoms with Gasteiger partial charge in [-0.1, -0.05) is 18.2 Å². The summed E-state index contributed by atoms with van der Waals surface area (Å²) in [5.41, 5.74) is 1.12. The molecule has 2 N–H and O–H groups in total. The number of hydrogen-bond acceptors (Lipinski definition) is 3. The summed E-state index contributed by atoms with van der Waals surface area (Å²) in [6.07, 6.45) is 6.82. The highest BCUT2D eigenvalue weighted by molar-refractivity contribution is 5.79. The number of nitrogens with zero attached hydrogens (tertiary/aromatic N) is 1. The molecule has 2 aromatic rings. The monoisotopic (exact) mass is 299 g/mol. The van der Waals surface area contributed by atoms with Crippen LogP contribution >= 0.6 is 0 Å². The number of imidazole rings is 1. The fourth-order valence-corrected chi connectivity index (χ4v) is 2.76. The first-order valence-electron chi connectivity index (χ1n) is 7.79. The van der Waals surface area contributed by atoms with E-state index in [2.05, 4.69) is 15.3 Å². The average Bonchev–Trinajstić information content (AvgIpc) is 2.95. The lowest BCUT2D eigenvalue weighted by atomic mass is 9.96. The fourth-order valence-electron chi connectivity index (χ4n) is 2.76. The Labute approximate surface area is 130 Å². The van der Waals surface area contributed by atoms with E-state index < -0.39 is 0 Å². The second kappa shape index (κ2) is 7.11. The predicted octanol–water partition coefficient (Wildman–Crippen LogP) is 2.10. The molecule has 0 bridgehead atoms. The molecule has 1 aliphatic heterocycles. The third-order valence-electron chi connectivity index (χ3n) is 3.98. The van der Waals surface area contributed by atoms with E-state index in [9.17, 15) is 4.79 Å². The van der Waals surface area contributed by atoms with E-state index in [1.165, 1.54) is 0 Å². The maximum atomic E-state index is 12.3. The Morgan fingerprint density at radius 3 is 3.18 bits per heavy atom. The Balaban J connectivity index is 1.48. The molecule has 1 amide bonds. The first kappa shape index (κ1) is 14.6. The molecule has 0 aliphatic carbocycles. The van der Waals surface area contributed by atoms with Gasteiger partial charge in [-0.25, -0.2) is 4.98 Å². The van der Waals surface area contributed by atoms with Gasteiger partial charge in [0.1, 0.15) is 11.6 Å². The van der Waals surface area contributed by atoms with Crippen LogP contribution < -0.4 is 10.1 Å². The third kappa shape index (κ3) is 3.67. The molecule has 2 heterocycles. The van der Waals surface area contributed by atoms with Crippen LogP contribution in [-0.4, -0.2) is 29.0 Å². The summed E-state index contributed by atoms with van der Waals surface area (Å²) in [4.78, 5) is 19.6. The number of benzene rings is 1. The molecular weight excluding hydrogens is 278 g/mol. The number of H-pyrrole nitrogens is 1. The maximum Gasteiger partial charge on any atom is 0.223 e. The summed E-state index contributed by atoms with van der Waals surface area (Å²) in [5.74, 6) is 1.99. The zero-order chi connectivity index (χ0) is 15.2. The molecule has 1 aliphatic rings. The van der Waals surface area contributed by atoms with Gasteiger partial charge in [0.15, 0.2) is 0 Å². The number of hydrogen-bond donors (Lipinski definition) is 2. The normalized spacial score (nSPS) is 17.2. The second-order valence-corrected chi connectivity index (χ2v) is 5.58. The van der Waals surface area contributed by atoms with Crippen molar-refractivity contribution in [2.24, 2.45) is 5.92 Å². The number of para-hydroxylation sites is 1. The minimum atomic E-state index is -0.00716. The highest BCUT2D eigenvalue weighted by Gasteiger charge is 2.23. The molecule has 0 unspecified atom stereocenters. The van der Waals surface area contributed by atoms with Crippen molar-refractivity contribution in [2.75, 3.05) is 13.2 Å². The lowest BCUT2D eigenvalue weighted by molar-refractivity contribution is -0.125. The lowest BCUT2D eigenvalue weighted by Crippen LogP contribution is -2.33. The number of rotatable bonds is 5. The molecule has 116 valence electrons. The molecule has 0 fully saturated rings. The predicted molar refractivity (Wildman–Crippen MR) is 83.7 cm³/mol. The minimum Gasteiger partial charge on any atom is -0.493 e. The average molecular weight is 299 g/mol. The molecule has 0 spiro atoms. The van der Waals surface area contributed by atoms with Crippen LogP contribution in [0.2, 0.25) is 0 Å². The second-order valence-electron chi connectivity index (χ2n) is 5.58. The van der Waals surface area contributed by atoms with Gasteiger partial charge in [-0.2, -0.15) is 0 Å². The largest absolute Gasteiger partial charge is 0.493 e. The molecule has 0 saturated heterocycles. The highest BCUT2D eigenvalue weighted by Crippen LogP contribution is 2.26. The lowest BCUT2D eigenvalue weighted by Gasteiger charge is -2.13. The molecule has 0 radical (unpaired) electrons. The van der Waals surface area contributed by atoms with Crippen molar-refractivity contribution in [2.45, 2.75) is 25.7 Å². The van der Waals surface area contributed by atoms with Gasteiger partial charge in [0.25, 0.3) is 0 Å². The van der Waals surface area contributed by atoms with Gasteiger partial charge in [0.05, 0.1) is 6.61 Å². The quantitative estimate of drug-likeness (QED) is 0.831. The third-order valence-corrected chi connectivity index (χ3v) is 3.98. The van der Waals surface area contributed by atoms with Crippen LogP contribution in [0.1, 0.15) is 24.2 Å². The number of carbonyl (C=O) groups is 1. The summed E-state index contributed by atoms with van der Waals surface area (Å²) < 4.78 is 5.71. The fraction of sp³-hybridized carbons (Fsp3) is 0.412. The van der Waals surface area contributed by atoms with Crippen molar-refractivity contribution in [1.29, 1.82) is 0 Å². The molecule has 5 heteroatoms. The van der Waals surface area contributed by atoms with Gasteiger partial charge in [-0.3, -0.25) is 4.79 Å². The first-order valence-corrected chi connectivity index (χ1v) is 7.79. The first-order chi connectivity index (χ1) is 10.8. The van der Waals surface area contributed by atoms with Crippen molar-refractivity contribution >= 4 is 5.91 Å². The number of ether oxygens (including phenoxy) is 1.